The number of rotatable bonds is 7. The fourth-order valence-corrected chi connectivity index (χ4v) is 4.99. The zero-order valence-electron chi connectivity index (χ0n) is 20.0. The number of H-pyrrole nitrogens is 1. The molecule has 1 saturated carbocycles. The van der Waals surface area contributed by atoms with Gasteiger partial charge in [-0.15, -0.1) is 0 Å². The van der Waals surface area contributed by atoms with Gasteiger partial charge in [-0.05, 0) is 31.2 Å². The number of amides is 1. The number of nitrogens with zero attached hydrogens (tertiary/aromatic N) is 5. The zero-order chi connectivity index (χ0) is 23.3. The second-order valence-electron chi connectivity index (χ2n) is 9.85. The van der Waals surface area contributed by atoms with Crippen molar-refractivity contribution in [1.82, 2.24) is 24.7 Å². The van der Waals surface area contributed by atoms with E-state index in [0.717, 1.165) is 77.2 Å². The standard InChI is InChI=1S/C26H36N6O2/c33-24-19-23(20-30-15-13-29(14-16-30)12-9-21-5-2-1-3-6-21)27-26(28-24)32-11-4-10-31(17-18-32)25(34)22-7-8-22/h1-3,5-6,19,22H,4,7-18,20H2,(H,27,28,33). The van der Waals surface area contributed by atoms with Crippen molar-refractivity contribution in [2.24, 2.45) is 5.92 Å². The maximum Gasteiger partial charge on any atom is 0.252 e. The first-order valence-electron chi connectivity index (χ1n) is 12.8. The molecule has 0 spiro atoms. The molecule has 8 heteroatoms. The van der Waals surface area contributed by atoms with Gasteiger partial charge >= 0.3 is 0 Å². The average molecular weight is 465 g/mol. The van der Waals surface area contributed by atoms with Crippen molar-refractivity contribution < 1.29 is 4.79 Å². The van der Waals surface area contributed by atoms with E-state index < -0.39 is 0 Å². The molecule has 34 heavy (non-hydrogen) atoms. The number of aromatic amines is 1. The van der Waals surface area contributed by atoms with E-state index in [1.54, 1.807) is 6.07 Å². The maximum absolute atomic E-state index is 12.4. The zero-order valence-corrected chi connectivity index (χ0v) is 20.0. The first kappa shape index (κ1) is 23.1. The highest BCUT2D eigenvalue weighted by molar-refractivity contribution is 5.81. The molecule has 8 nitrogen and oxygen atoms in total. The van der Waals surface area contributed by atoms with Gasteiger partial charge in [-0.25, -0.2) is 4.98 Å². The first-order chi connectivity index (χ1) is 16.6. The quantitative estimate of drug-likeness (QED) is 0.671. The third kappa shape index (κ3) is 6.04. The molecule has 1 aromatic heterocycles. The number of carbonyl (C=O) groups excluding carboxylic acids is 1. The molecule has 0 atom stereocenters. The van der Waals surface area contributed by atoms with Gasteiger partial charge < -0.3 is 14.7 Å². The third-order valence-corrected chi connectivity index (χ3v) is 7.23. The lowest BCUT2D eigenvalue weighted by Gasteiger charge is -2.34. The highest BCUT2D eigenvalue weighted by Gasteiger charge is 2.34. The third-order valence-electron chi connectivity index (χ3n) is 7.23. The van der Waals surface area contributed by atoms with Crippen molar-refractivity contribution >= 4 is 11.9 Å². The van der Waals surface area contributed by atoms with Crippen LogP contribution in [0.3, 0.4) is 0 Å². The summed E-state index contributed by atoms with van der Waals surface area (Å²) in [4.78, 5) is 41.6. The van der Waals surface area contributed by atoms with E-state index in [2.05, 4.69) is 50.0 Å². The van der Waals surface area contributed by atoms with Crippen LogP contribution in [0, 0.1) is 5.92 Å². The molecule has 1 amide bonds. The van der Waals surface area contributed by atoms with Crippen LogP contribution in [-0.2, 0) is 17.8 Å². The number of anilines is 1. The number of benzene rings is 1. The molecule has 1 aliphatic carbocycles. The molecule has 3 aliphatic rings. The monoisotopic (exact) mass is 464 g/mol. The number of hydrogen-bond acceptors (Lipinski definition) is 6. The van der Waals surface area contributed by atoms with Gasteiger partial charge in [0.1, 0.15) is 0 Å². The predicted octanol–water partition coefficient (Wildman–Crippen LogP) is 1.58. The van der Waals surface area contributed by atoms with Gasteiger partial charge in [0.05, 0.1) is 5.69 Å². The molecule has 3 heterocycles. The number of nitrogens with one attached hydrogen (secondary N) is 1. The van der Waals surface area contributed by atoms with Crippen LogP contribution in [-0.4, -0.2) is 89.5 Å². The fraction of sp³-hybridized carbons (Fsp3) is 0.577. The normalized spacial score (nSPS) is 20.4. The van der Waals surface area contributed by atoms with Crippen molar-refractivity contribution in [3.05, 3.63) is 58.0 Å². The van der Waals surface area contributed by atoms with Crippen molar-refractivity contribution in [1.29, 1.82) is 0 Å². The predicted molar refractivity (Wildman–Crippen MR) is 133 cm³/mol. The molecule has 0 unspecified atom stereocenters. The summed E-state index contributed by atoms with van der Waals surface area (Å²) in [6.45, 7) is 8.86. The summed E-state index contributed by atoms with van der Waals surface area (Å²) < 4.78 is 0. The number of piperazine rings is 1. The van der Waals surface area contributed by atoms with Gasteiger partial charge in [0.15, 0.2) is 0 Å². The molecule has 3 fully saturated rings. The SMILES string of the molecule is O=C(C1CC1)N1CCCN(c2nc(CN3CCN(CCc4ccccc4)CC3)cc(=O)[nH]2)CC1. The lowest BCUT2D eigenvalue weighted by atomic mass is 10.1. The Bertz CT molecular complexity index is 1010. The smallest absolute Gasteiger partial charge is 0.252 e. The fourth-order valence-electron chi connectivity index (χ4n) is 4.99. The second-order valence-corrected chi connectivity index (χ2v) is 9.85. The van der Waals surface area contributed by atoms with Gasteiger partial charge in [-0.3, -0.25) is 19.5 Å². The van der Waals surface area contributed by atoms with Crippen LogP contribution >= 0.6 is 0 Å². The summed E-state index contributed by atoms with van der Waals surface area (Å²) in [5, 5.41) is 0. The van der Waals surface area contributed by atoms with Crippen LogP contribution in [0.2, 0.25) is 0 Å². The van der Waals surface area contributed by atoms with Crippen LogP contribution in [0.4, 0.5) is 5.95 Å². The molecule has 2 saturated heterocycles. The Morgan fingerprint density at radius 1 is 0.941 bits per heavy atom. The Morgan fingerprint density at radius 3 is 2.47 bits per heavy atom. The number of aromatic nitrogens is 2. The Hall–Kier alpha value is -2.71. The molecular formula is C26H36N6O2. The second kappa shape index (κ2) is 10.7. The lowest BCUT2D eigenvalue weighted by molar-refractivity contribution is -0.132. The minimum absolute atomic E-state index is 0.100. The van der Waals surface area contributed by atoms with Crippen molar-refractivity contribution in [2.45, 2.75) is 32.2 Å². The van der Waals surface area contributed by atoms with E-state index in [9.17, 15) is 9.59 Å². The van der Waals surface area contributed by atoms with Gasteiger partial charge in [0.25, 0.3) is 5.56 Å². The van der Waals surface area contributed by atoms with Crippen LogP contribution in [0.15, 0.2) is 41.2 Å². The van der Waals surface area contributed by atoms with Crippen molar-refractivity contribution in [2.75, 3.05) is 63.8 Å². The largest absolute Gasteiger partial charge is 0.341 e. The minimum atomic E-state index is -0.100. The van der Waals surface area contributed by atoms with E-state index in [0.29, 0.717) is 31.5 Å². The van der Waals surface area contributed by atoms with Crippen LogP contribution < -0.4 is 10.5 Å². The maximum atomic E-state index is 12.4. The van der Waals surface area contributed by atoms with E-state index in [1.165, 1.54) is 5.56 Å². The topological polar surface area (TPSA) is 75.8 Å². The summed E-state index contributed by atoms with van der Waals surface area (Å²) in [6.07, 6.45) is 4.06. The molecular weight excluding hydrogens is 428 g/mol. The highest BCUT2D eigenvalue weighted by atomic mass is 16.2. The molecule has 1 aromatic carbocycles. The van der Waals surface area contributed by atoms with Crippen molar-refractivity contribution in [3.8, 4) is 0 Å². The summed E-state index contributed by atoms with van der Waals surface area (Å²) in [5.41, 5.74) is 2.11. The molecule has 0 bridgehead atoms. The van der Waals surface area contributed by atoms with Gasteiger partial charge in [-0.2, -0.15) is 0 Å². The molecule has 2 aliphatic heterocycles. The molecule has 1 N–H and O–H groups in total. The van der Waals surface area contributed by atoms with Crippen molar-refractivity contribution in [3.63, 3.8) is 0 Å². The average Bonchev–Trinajstić information content (AvgIpc) is 3.71. The molecule has 0 radical (unpaired) electrons. The Labute approximate surface area is 201 Å². The van der Waals surface area contributed by atoms with Gasteiger partial charge in [0.2, 0.25) is 11.9 Å². The highest BCUT2D eigenvalue weighted by Crippen LogP contribution is 2.31. The van der Waals surface area contributed by atoms with Crippen LogP contribution in [0.5, 0.6) is 0 Å². The summed E-state index contributed by atoms with van der Waals surface area (Å²) in [6, 6.07) is 12.3. The number of hydrogen-bond donors (Lipinski definition) is 1. The molecule has 5 rings (SSSR count). The summed E-state index contributed by atoms with van der Waals surface area (Å²) in [5.74, 6) is 1.20. The number of carbonyl (C=O) groups is 1. The van der Waals surface area contributed by atoms with E-state index >= 15 is 0 Å². The molecule has 2 aromatic rings. The Kier molecular flexibility index (Phi) is 7.25. The van der Waals surface area contributed by atoms with Gasteiger partial charge in [0, 0.05) is 77.4 Å². The van der Waals surface area contributed by atoms with E-state index in [4.69, 9.17) is 4.98 Å². The minimum Gasteiger partial charge on any atom is -0.341 e. The lowest BCUT2D eigenvalue weighted by Crippen LogP contribution is -2.46. The Balaban J connectivity index is 1.13. The summed E-state index contributed by atoms with van der Waals surface area (Å²) >= 11 is 0. The summed E-state index contributed by atoms with van der Waals surface area (Å²) in [7, 11) is 0. The Morgan fingerprint density at radius 2 is 1.71 bits per heavy atom. The van der Waals surface area contributed by atoms with Crippen LogP contribution in [0.1, 0.15) is 30.5 Å². The van der Waals surface area contributed by atoms with E-state index in [1.807, 2.05) is 4.90 Å². The van der Waals surface area contributed by atoms with Gasteiger partial charge in [-0.1, -0.05) is 30.3 Å². The van der Waals surface area contributed by atoms with E-state index in [-0.39, 0.29) is 11.5 Å². The molecule has 182 valence electrons. The first-order valence-corrected chi connectivity index (χ1v) is 12.8. The van der Waals surface area contributed by atoms with Crippen LogP contribution in [0.25, 0.3) is 0 Å².